The van der Waals surface area contributed by atoms with E-state index in [1.807, 2.05) is 30.5 Å². The lowest BCUT2D eigenvalue weighted by Crippen LogP contribution is -2.09. The van der Waals surface area contributed by atoms with Crippen molar-refractivity contribution < 1.29 is 4.79 Å². The van der Waals surface area contributed by atoms with Gasteiger partial charge in [0.25, 0.3) is 0 Å². The maximum atomic E-state index is 12.1. The Labute approximate surface area is 105 Å². The topological polar surface area (TPSA) is 34.9 Å². The molecule has 0 unspecified atom stereocenters. The largest absolute Gasteiger partial charge is 0.327 e. The summed E-state index contributed by atoms with van der Waals surface area (Å²) in [5.41, 5.74) is 2.05. The van der Waals surface area contributed by atoms with Gasteiger partial charge in [-0.2, -0.15) is 0 Å². The van der Waals surface area contributed by atoms with Crippen molar-refractivity contribution >= 4 is 17.1 Å². The van der Waals surface area contributed by atoms with Gasteiger partial charge in [-0.1, -0.05) is 6.92 Å². The van der Waals surface area contributed by atoms with Crippen LogP contribution in [0.15, 0.2) is 18.5 Å². The predicted octanol–water partition coefficient (Wildman–Crippen LogP) is 3.01. The lowest BCUT2D eigenvalue weighted by molar-refractivity contribution is 0.0975. The highest BCUT2D eigenvalue weighted by Crippen LogP contribution is 2.18. The van der Waals surface area contributed by atoms with E-state index in [0.29, 0.717) is 6.54 Å². The Kier molecular flexibility index (Phi) is 3.43. The van der Waals surface area contributed by atoms with Crippen LogP contribution in [0.4, 0.5) is 0 Å². The number of carbonyl (C=O) groups excluding carboxylic acids is 1. The van der Waals surface area contributed by atoms with Gasteiger partial charge in [-0.3, -0.25) is 4.79 Å². The number of nitrogens with zero attached hydrogens (tertiary/aromatic N) is 2. The van der Waals surface area contributed by atoms with E-state index < -0.39 is 0 Å². The van der Waals surface area contributed by atoms with Crippen LogP contribution >= 0.6 is 11.3 Å². The number of imidazole rings is 1. The Morgan fingerprint density at radius 2 is 2.18 bits per heavy atom. The Morgan fingerprint density at radius 1 is 1.41 bits per heavy atom. The van der Waals surface area contributed by atoms with Gasteiger partial charge in [-0.05, 0) is 32.4 Å². The Morgan fingerprint density at radius 3 is 2.71 bits per heavy atom. The first-order chi connectivity index (χ1) is 8.11. The molecular weight excluding hydrogens is 232 g/mol. The summed E-state index contributed by atoms with van der Waals surface area (Å²) in [5.74, 6) is 0.162. The highest BCUT2D eigenvalue weighted by atomic mass is 32.1. The fourth-order valence-electron chi connectivity index (χ4n) is 1.65. The molecule has 0 aliphatic carbocycles. The average Bonchev–Trinajstić information content (AvgIpc) is 2.91. The molecule has 0 fully saturated rings. The molecule has 0 saturated heterocycles. The molecule has 0 saturated carbocycles. The number of aromatic nitrogens is 2. The summed E-state index contributed by atoms with van der Waals surface area (Å²) in [7, 11) is 0. The average molecular weight is 248 g/mol. The quantitative estimate of drug-likeness (QED) is 0.780. The fourth-order valence-corrected chi connectivity index (χ4v) is 2.53. The number of ketones is 1. The SMILES string of the molecule is CCc1ccc(C(=O)Cn2cnc(C)c2C)s1. The van der Waals surface area contributed by atoms with Crippen LogP contribution in [0.25, 0.3) is 0 Å². The molecule has 2 heterocycles. The number of rotatable bonds is 4. The van der Waals surface area contributed by atoms with Crippen LogP contribution in [0.5, 0.6) is 0 Å². The summed E-state index contributed by atoms with van der Waals surface area (Å²) in [6, 6.07) is 3.95. The Hall–Kier alpha value is -1.42. The van der Waals surface area contributed by atoms with Crippen molar-refractivity contribution in [2.24, 2.45) is 0 Å². The van der Waals surface area contributed by atoms with Gasteiger partial charge in [0, 0.05) is 10.6 Å². The molecule has 0 spiro atoms. The van der Waals surface area contributed by atoms with Gasteiger partial charge in [0.15, 0.2) is 5.78 Å². The van der Waals surface area contributed by atoms with E-state index in [9.17, 15) is 4.79 Å². The minimum Gasteiger partial charge on any atom is -0.327 e. The van der Waals surface area contributed by atoms with Crippen LogP contribution in [0.1, 0.15) is 32.9 Å². The zero-order valence-electron chi connectivity index (χ0n) is 10.4. The molecule has 0 bridgehead atoms. The van der Waals surface area contributed by atoms with Gasteiger partial charge in [0.1, 0.15) is 0 Å². The molecule has 0 atom stereocenters. The monoisotopic (exact) mass is 248 g/mol. The highest BCUT2D eigenvalue weighted by Gasteiger charge is 2.11. The Bertz CT molecular complexity index is 539. The first-order valence-corrected chi connectivity index (χ1v) is 6.53. The summed E-state index contributed by atoms with van der Waals surface area (Å²) >= 11 is 1.59. The zero-order chi connectivity index (χ0) is 12.4. The third-order valence-corrected chi connectivity index (χ3v) is 4.21. The molecule has 0 aliphatic heterocycles. The molecule has 4 heteroatoms. The van der Waals surface area contributed by atoms with E-state index >= 15 is 0 Å². The van der Waals surface area contributed by atoms with Crippen molar-refractivity contribution in [3.8, 4) is 0 Å². The predicted molar refractivity (Wildman–Crippen MR) is 69.7 cm³/mol. The molecule has 2 aromatic heterocycles. The minimum absolute atomic E-state index is 0.162. The van der Waals surface area contributed by atoms with Crippen LogP contribution in [-0.2, 0) is 13.0 Å². The van der Waals surface area contributed by atoms with Crippen LogP contribution in [-0.4, -0.2) is 15.3 Å². The number of hydrogen-bond donors (Lipinski definition) is 0. The van der Waals surface area contributed by atoms with Crippen molar-refractivity contribution in [1.82, 2.24) is 9.55 Å². The highest BCUT2D eigenvalue weighted by molar-refractivity contribution is 7.14. The molecule has 3 nitrogen and oxygen atoms in total. The first-order valence-electron chi connectivity index (χ1n) is 5.72. The molecule has 0 amide bonds. The van der Waals surface area contributed by atoms with Gasteiger partial charge in [-0.25, -0.2) is 4.98 Å². The summed E-state index contributed by atoms with van der Waals surface area (Å²) in [6.45, 7) is 6.43. The molecule has 17 heavy (non-hydrogen) atoms. The van der Waals surface area contributed by atoms with Gasteiger partial charge < -0.3 is 4.57 Å². The van der Waals surface area contributed by atoms with Crippen molar-refractivity contribution in [3.63, 3.8) is 0 Å². The summed E-state index contributed by atoms with van der Waals surface area (Å²) in [6.07, 6.45) is 2.72. The molecule has 0 radical (unpaired) electrons. The molecule has 0 aliphatic rings. The van der Waals surface area contributed by atoms with E-state index in [-0.39, 0.29) is 5.78 Å². The van der Waals surface area contributed by atoms with Crippen molar-refractivity contribution in [3.05, 3.63) is 39.6 Å². The van der Waals surface area contributed by atoms with Crippen molar-refractivity contribution in [2.75, 3.05) is 0 Å². The number of thiophene rings is 1. The van der Waals surface area contributed by atoms with E-state index in [0.717, 1.165) is 22.7 Å². The number of Topliss-reactive ketones (excluding diaryl/α,β-unsaturated/α-hetero) is 1. The number of aryl methyl sites for hydroxylation is 2. The normalized spacial score (nSPS) is 10.8. The van der Waals surface area contributed by atoms with E-state index in [1.54, 1.807) is 17.7 Å². The van der Waals surface area contributed by atoms with Crippen LogP contribution in [0.3, 0.4) is 0 Å². The second kappa shape index (κ2) is 4.84. The van der Waals surface area contributed by atoms with Crippen molar-refractivity contribution in [1.29, 1.82) is 0 Å². The van der Waals surface area contributed by atoms with E-state index in [2.05, 4.69) is 11.9 Å². The summed E-state index contributed by atoms with van der Waals surface area (Å²) in [4.78, 5) is 18.4. The van der Waals surface area contributed by atoms with Crippen LogP contribution in [0, 0.1) is 13.8 Å². The first kappa shape index (κ1) is 12.0. The van der Waals surface area contributed by atoms with Gasteiger partial charge in [-0.15, -0.1) is 11.3 Å². The molecular formula is C13H16N2OS. The second-order valence-corrected chi connectivity index (χ2v) is 5.25. The maximum absolute atomic E-state index is 12.1. The van der Waals surface area contributed by atoms with E-state index in [4.69, 9.17) is 0 Å². The number of carbonyl (C=O) groups is 1. The third-order valence-electron chi connectivity index (χ3n) is 2.94. The van der Waals surface area contributed by atoms with Crippen molar-refractivity contribution in [2.45, 2.75) is 33.7 Å². The smallest absolute Gasteiger partial charge is 0.192 e. The van der Waals surface area contributed by atoms with Crippen LogP contribution in [0.2, 0.25) is 0 Å². The minimum atomic E-state index is 0.162. The molecule has 0 N–H and O–H groups in total. The summed E-state index contributed by atoms with van der Waals surface area (Å²) < 4.78 is 1.91. The van der Waals surface area contributed by atoms with Gasteiger partial charge in [0.2, 0.25) is 0 Å². The maximum Gasteiger partial charge on any atom is 0.192 e. The van der Waals surface area contributed by atoms with Crippen LogP contribution < -0.4 is 0 Å². The van der Waals surface area contributed by atoms with Gasteiger partial charge >= 0.3 is 0 Å². The molecule has 2 aromatic rings. The summed E-state index contributed by atoms with van der Waals surface area (Å²) in [5, 5.41) is 0. The molecule has 90 valence electrons. The van der Waals surface area contributed by atoms with E-state index in [1.165, 1.54) is 4.88 Å². The third kappa shape index (κ3) is 2.47. The Balaban J connectivity index is 2.14. The molecule has 2 rings (SSSR count). The lowest BCUT2D eigenvalue weighted by Gasteiger charge is -2.03. The fraction of sp³-hybridized carbons (Fsp3) is 0.385. The lowest BCUT2D eigenvalue weighted by atomic mass is 10.3. The number of hydrogen-bond acceptors (Lipinski definition) is 3. The van der Waals surface area contributed by atoms with Gasteiger partial charge in [0.05, 0.1) is 23.4 Å². The second-order valence-electron chi connectivity index (χ2n) is 4.09. The zero-order valence-corrected chi connectivity index (χ0v) is 11.2. The molecule has 0 aromatic carbocycles. The standard InChI is InChI=1S/C13H16N2OS/c1-4-11-5-6-13(17-11)12(16)7-15-8-14-9(2)10(15)3/h5-6,8H,4,7H2,1-3H3.